The Bertz CT molecular complexity index is 1190. The fourth-order valence-electron chi connectivity index (χ4n) is 3.78. The lowest BCUT2D eigenvalue weighted by molar-refractivity contribution is 0.0693. The van der Waals surface area contributed by atoms with Crippen LogP contribution in [0.3, 0.4) is 0 Å². The smallest absolute Gasteiger partial charge is 0.270 e. The Hall–Kier alpha value is -2.64. The number of aromatic nitrogens is 1. The average molecular weight is 412 g/mol. The molecule has 0 saturated carbocycles. The minimum absolute atomic E-state index is 0.0948. The molecule has 1 amide bonds. The van der Waals surface area contributed by atoms with E-state index in [0.29, 0.717) is 36.8 Å². The van der Waals surface area contributed by atoms with Crippen molar-refractivity contribution < 1.29 is 13.2 Å². The van der Waals surface area contributed by atoms with Gasteiger partial charge in [-0.05, 0) is 55.7 Å². The van der Waals surface area contributed by atoms with Crippen LogP contribution < -0.4 is 0 Å². The Kier molecular flexibility index (Phi) is 4.96. The quantitative estimate of drug-likeness (QED) is 0.719. The lowest BCUT2D eigenvalue weighted by atomic mass is 10.2. The van der Waals surface area contributed by atoms with Gasteiger partial charge in [0.15, 0.2) is 0 Å². The van der Waals surface area contributed by atoms with Gasteiger partial charge in [-0.25, -0.2) is 8.42 Å². The van der Waals surface area contributed by atoms with E-state index in [9.17, 15) is 13.2 Å². The lowest BCUT2D eigenvalue weighted by Gasteiger charge is -2.34. The molecule has 0 spiro atoms. The van der Waals surface area contributed by atoms with Crippen LogP contribution in [0.15, 0.2) is 47.4 Å². The Balaban J connectivity index is 1.49. The molecule has 3 aromatic rings. The highest BCUT2D eigenvalue weighted by atomic mass is 32.2. The molecule has 1 aliphatic rings. The first kappa shape index (κ1) is 19.7. The van der Waals surface area contributed by atoms with E-state index in [1.165, 1.54) is 4.31 Å². The number of aryl methyl sites for hydroxylation is 3. The summed E-state index contributed by atoms with van der Waals surface area (Å²) in [4.78, 5) is 18.2. The molecule has 2 aromatic carbocycles. The van der Waals surface area contributed by atoms with Gasteiger partial charge >= 0.3 is 0 Å². The molecule has 1 N–H and O–H groups in total. The number of nitrogens with one attached hydrogen (secondary N) is 1. The van der Waals surface area contributed by atoms with Gasteiger partial charge in [-0.3, -0.25) is 4.79 Å². The molecule has 29 heavy (non-hydrogen) atoms. The zero-order chi connectivity index (χ0) is 20.8. The van der Waals surface area contributed by atoms with Gasteiger partial charge in [-0.1, -0.05) is 24.3 Å². The van der Waals surface area contributed by atoms with Crippen molar-refractivity contribution in [3.8, 4) is 0 Å². The fourth-order valence-corrected chi connectivity index (χ4v) is 5.51. The first-order valence-corrected chi connectivity index (χ1v) is 11.2. The Morgan fingerprint density at radius 3 is 2.28 bits per heavy atom. The summed E-state index contributed by atoms with van der Waals surface area (Å²) >= 11 is 0. The van der Waals surface area contributed by atoms with Gasteiger partial charge in [-0.15, -0.1) is 0 Å². The number of amides is 1. The summed E-state index contributed by atoms with van der Waals surface area (Å²) in [6, 6.07) is 13.3. The molecular formula is C22H25N3O3S. The molecule has 1 fully saturated rings. The van der Waals surface area contributed by atoms with Crippen LogP contribution in [0.5, 0.6) is 0 Å². The molecule has 7 heteroatoms. The third-order valence-electron chi connectivity index (χ3n) is 5.50. The van der Waals surface area contributed by atoms with Crippen molar-refractivity contribution in [2.45, 2.75) is 25.7 Å². The first-order chi connectivity index (χ1) is 13.8. The van der Waals surface area contributed by atoms with Crippen molar-refractivity contribution in [3.05, 3.63) is 64.8 Å². The monoisotopic (exact) mass is 411 g/mol. The highest BCUT2D eigenvalue weighted by molar-refractivity contribution is 7.89. The average Bonchev–Trinajstić information content (AvgIpc) is 3.12. The van der Waals surface area contributed by atoms with E-state index >= 15 is 0 Å². The number of rotatable bonds is 3. The maximum Gasteiger partial charge on any atom is 0.270 e. The number of fused-ring (bicyclic) bond motifs is 1. The number of carbonyl (C=O) groups excluding carboxylic acids is 1. The normalized spacial score (nSPS) is 15.8. The SMILES string of the molecule is Cc1ccc(C)c(S(=O)(=O)N2CCN(C(=O)c3cc4ccc(C)cc4[nH]3)CC2)c1. The van der Waals surface area contributed by atoms with Crippen molar-refractivity contribution in [3.63, 3.8) is 0 Å². The van der Waals surface area contributed by atoms with E-state index in [4.69, 9.17) is 0 Å². The molecule has 2 heterocycles. The molecule has 6 nitrogen and oxygen atoms in total. The van der Waals surface area contributed by atoms with Crippen LogP contribution in [0.25, 0.3) is 10.9 Å². The van der Waals surface area contributed by atoms with Crippen LogP contribution in [0.2, 0.25) is 0 Å². The molecule has 0 atom stereocenters. The van der Waals surface area contributed by atoms with Crippen LogP contribution in [-0.4, -0.2) is 54.7 Å². The summed E-state index contributed by atoms with van der Waals surface area (Å²) in [7, 11) is -3.57. The molecule has 1 saturated heterocycles. The van der Waals surface area contributed by atoms with Gasteiger partial charge < -0.3 is 9.88 Å². The molecule has 4 rings (SSSR count). The predicted molar refractivity (Wildman–Crippen MR) is 114 cm³/mol. The summed E-state index contributed by atoms with van der Waals surface area (Å²) in [5, 5.41) is 0.995. The first-order valence-electron chi connectivity index (χ1n) is 9.72. The van der Waals surface area contributed by atoms with Crippen LogP contribution >= 0.6 is 0 Å². The number of aromatic amines is 1. The molecule has 0 bridgehead atoms. The van der Waals surface area contributed by atoms with Gasteiger partial charge in [0, 0.05) is 37.1 Å². The zero-order valence-electron chi connectivity index (χ0n) is 16.9. The maximum absolute atomic E-state index is 13.1. The molecular weight excluding hydrogens is 386 g/mol. The third kappa shape index (κ3) is 3.68. The second-order valence-corrected chi connectivity index (χ2v) is 9.65. The minimum Gasteiger partial charge on any atom is -0.351 e. The van der Waals surface area contributed by atoms with Crippen molar-refractivity contribution >= 4 is 26.8 Å². The maximum atomic E-state index is 13.1. The minimum atomic E-state index is -3.57. The summed E-state index contributed by atoms with van der Waals surface area (Å²) in [6.45, 7) is 7.04. The molecule has 1 aromatic heterocycles. The zero-order valence-corrected chi connectivity index (χ0v) is 17.7. The number of hydrogen-bond donors (Lipinski definition) is 1. The topological polar surface area (TPSA) is 73.5 Å². The molecule has 1 aliphatic heterocycles. The van der Waals surface area contributed by atoms with Gasteiger partial charge in [-0.2, -0.15) is 4.31 Å². The van der Waals surface area contributed by atoms with E-state index < -0.39 is 10.0 Å². The number of piperazine rings is 1. The van der Waals surface area contributed by atoms with E-state index in [0.717, 1.165) is 27.6 Å². The van der Waals surface area contributed by atoms with Crippen LogP contribution in [0, 0.1) is 20.8 Å². The fraction of sp³-hybridized carbons (Fsp3) is 0.318. The Morgan fingerprint density at radius 2 is 1.55 bits per heavy atom. The van der Waals surface area contributed by atoms with E-state index in [1.807, 2.05) is 57.2 Å². The van der Waals surface area contributed by atoms with Crippen LogP contribution in [-0.2, 0) is 10.0 Å². The van der Waals surface area contributed by atoms with Gasteiger partial charge in [0.05, 0.1) is 4.90 Å². The molecule has 0 unspecified atom stereocenters. The van der Waals surface area contributed by atoms with Crippen molar-refractivity contribution in [2.75, 3.05) is 26.2 Å². The second kappa shape index (κ2) is 7.31. The number of benzene rings is 2. The van der Waals surface area contributed by atoms with Gasteiger partial charge in [0.1, 0.15) is 5.69 Å². The van der Waals surface area contributed by atoms with Crippen LogP contribution in [0.4, 0.5) is 0 Å². The molecule has 0 aliphatic carbocycles. The van der Waals surface area contributed by atoms with Gasteiger partial charge in [0.2, 0.25) is 10.0 Å². The molecule has 0 radical (unpaired) electrons. The van der Waals surface area contributed by atoms with Crippen molar-refractivity contribution in [2.24, 2.45) is 0 Å². The van der Waals surface area contributed by atoms with E-state index in [-0.39, 0.29) is 5.91 Å². The summed E-state index contributed by atoms with van der Waals surface area (Å²) in [5.41, 5.74) is 4.25. The summed E-state index contributed by atoms with van der Waals surface area (Å²) in [5.74, 6) is -0.0948. The largest absolute Gasteiger partial charge is 0.351 e. The van der Waals surface area contributed by atoms with Gasteiger partial charge in [0.25, 0.3) is 5.91 Å². The standard InChI is InChI=1S/C22H25N3O3S/c1-15-5-7-18-14-20(23-19(18)12-15)22(26)24-8-10-25(11-9-24)29(27,28)21-13-16(2)4-6-17(21)3/h4-7,12-14,23H,8-11H2,1-3H3. The highest BCUT2D eigenvalue weighted by Gasteiger charge is 2.31. The lowest BCUT2D eigenvalue weighted by Crippen LogP contribution is -2.50. The molecule has 152 valence electrons. The van der Waals surface area contributed by atoms with E-state index in [2.05, 4.69) is 4.98 Å². The predicted octanol–water partition coefficient (Wildman–Crippen LogP) is 3.24. The summed E-state index contributed by atoms with van der Waals surface area (Å²) in [6.07, 6.45) is 0. The Labute approximate surface area is 171 Å². The number of H-pyrrole nitrogens is 1. The number of nitrogens with zero attached hydrogens (tertiary/aromatic N) is 2. The summed E-state index contributed by atoms with van der Waals surface area (Å²) < 4.78 is 27.6. The van der Waals surface area contributed by atoms with Crippen molar-refractivity contribution in [1.82, 2.24) is 14.2 Å². The van der Waals surface area contributed by atoms with Crippen molar-refractivity contribution in [1.29, 1.82) is 0 Å². The second-order valence-electron chi connectivity index (χ2n) is 7.74. The highest BCUT2D eigenvalue weighted by Crippen LogP contribution is 2.23. The Morgan fingerprint density at radius 1 is 0.897 bits per heavy atom. The van der Waals surface area contributed by atoms with E-state index in [1.54, 1.807) is 11.0 Å². The number of hydrogen-bond acceptors (Lipinski definition) is 3. The number of sulfonamides is 1. The number of carbonyl (C=O) groups is 1. The van der Waals surface area contributed by atoms with Crippen LogP contribution in [0.1, 0.15) is 27.2 Å². The third-order valence-corrected chi connectivity index (χ3v) is 7.54.